The van der Waals surface area contributed by atoms with Gasteiger partial charge in [0.15, 0.2) is 0 Å². The first kappa shape index (κ1) is 19.9. The average molecular weight is 286 g/mol. The fraction of sp³-hybridized carbons (Fsp3) is 1.00. The van der Waals surface area contributed by atoms with E-state index in [1.54, 1.807) is 0 Å². The van der Waals surface area contributed by atoms with E-state index >= 15 is 0 Å². The molecule has 0 amide bonds. The molecular weight excluding hydrogens is 246 g/mol. The molecule has 0 spiro atoms. The molecule has 20 heavy (non-hydrogen) atoms. The Morgan fingerprint density at radius 1 is 0.900 bits per heavy atom. The van der Waals surface area contributed by atoms with Crippen LogP contribution in [0.15, 0.2) is 0 Å². The molecule has 122 valence electrons. The summed E-state index contributed by atoms with van der Waals surface area (Å²) in [6.45, 7) is 19.7. The normalized spacial score (nSPS) is 16.2. The van der Waals surface area contributed by atoms with Crippen LogP contribution >= 0.6 is 0 Å². The van der Waals surface area contributed by atoms with Crippen LogP contribution in [0.25, 0.3) is 0 Å². The van der Waals surface area contributed by atoms with E-state index in [1.807, 2.05) is 0 Å². The quantitative estimate of drug-likeness (QED) is 0.631. The molecule has 0 saturated heterocycles. The van der Waals surface area contributed by atoms with Crippen molar-refractivity contribution in [2.45, 2.75) is 98.6 Å². The first-order valence-corrected chi connectivity index (χ1v) is 8.42. The smallest absolute Gasteiger partial charge is 0.0598 e. The lowest BCUT2D eigenvalue weighted by atomic mass is 9.77. The van der Waals surface area contributed by atoms with Crippen molar-refractivity contribution in [2.24, 2.45) is 5.41 Å². The topological polar surface area (TPSA) is 21.3 Å². The largest absolute Gasteiger partial charge is 0.376 e. The summed E-state index contributed by atoms with van der Waals surface area (Å²) in [5.74, 6) is 0. The fourth-order valence-electron chi connectivity index (χ4n) is 2.36. The molecule has 0 aliphatic heterocycles. The summed E-state index contributed by atoms with van der Waals surface area (Å²) >= 11 is 0. The number of rotatable bonds is 9. The van der Waals surface area contributed by atoms with Crippen molar-refractivity contribution in [3.63, 3.8) is 0 Å². The van der Waals surface area contributed by atoms with Gasteiger partial charge < -0.3 is 10.1 Å². The molecule has 2 nitrogen and oxygen atoms in total. The van der Waals surface area contributed by atoms with Crippen LogP contribution in [0.2, 0.25) is 0 Å². The maximum absolute atomic E-state index is 5.97. The molecule has 0 heterocycles. The number of ether oxygens (including phenoxy) is 1. The molecule has 0 aromatic heterocycles. The fourth-order valence-corrected chi connectivity index (χ4v) is 2.36. The van der Waals surface area contributed by atoms with E-state index in [2.05, 4.69) is 60.7 Å². The van der Waals surface area contributed by atoms with E-state index < -0.39 is 0 Å². The maximum Gasteiger partial charge on any atom is 0.0598 e. The van der Waals surface area contributed by atoms with Crippen LogP contribution in [-0.4, -0.2) is 24.3 Å². The lowest BCUT2D eigenvalue weighted by Crippen LogP contribution is -2.44. The second-order valence-corrected chi connectivity index (χ2v) is 8.27. The number of unbranched alkanes of at least 4 members (excludes halogenated alkanes) is 1. The standard InChI is InChI=1S/C18H39NO/c1-9-11-12-18(10-2,15-19-16(3,4)5)13-14-20-17(6,7)8/h19H,9-15H2,1-8H3. The minimum atomic E-state index is -0.0261. The van der Waals surface area contributed by atoms with Gasteiger partial charge in [-0.25, -0.2) is 0 Å². The van der Waals surface area contributed by atoms with E-state index in [0.29, 0.717) is 5.41 Å². The average Bonchev–Trinajstić information content (AvgIpc) is 2.30. The Bertz CT molecular complexity index is 249. The van der Waals surface area contributed by atoms with Crippen LogP contribution in [0.5, 0.6) is 0 Å². The van der Waals surface area contributed by atoms with Gasteiger partial charge in [0, 0.05) is 18.7 Å². The Kier molecular flexibility index (Phi) is 8.35. The Morgan fingerprint density at radius 3 is 1.90 bits per heavy atom. The lowest BCUT2D eigenvalue weighted by molar-refractivity contribution is -0.0215. The molecule has 2 heteroatoms. The van der Waals surface area contributed by atoms with Crippen LogP contribution in [0.4, 0.5) is 0 Å². The Balaban J connectivity index is 4.57. The predicted molar refractivity (Wildman–Crippen MR) is 90.3 cm³/mol. The van der Waals surface area contributed by atoms with Crippen LogP contribution in [-0.2, 0) is 4.74 Å². The molecule has 0 aliphatic rings. The van der Waals surface area contributed by atoms with Crippen LogP contribution < -0.4 is 5.32 Å². The molecule has 0 rings (SSSR count). The van der Waals surface area contributed by atoms with Crippen LogP contribution in [0, 0.1) is 5.41 Å². The van der Waals surface area contributed by atoms with Crippen molar-refractivity contribution >= 4 is 0 Å². The van der Waals surface area contributed by atoms with E-state index in [4.69, 9.17) is 4.74 Å². The number of nitrogens with one attached hydrogen (secondary N) is 1. The van der Waals surface area contributed by atoms with Gasteiger partial charge in [-0.05, 0) is 66.2 Å². The first-order valence-electron chi connectivity index (χ1n) is 8.42. The molecule has 1 atom stereocenters. The molecule has 0 radical (unpaired) electrons. The third kappa shape index (κ3) is 9.77. The molecule has 1 N–H and O–H groups in total. The van der Waals surface area contributed by atoms with Crippen molar-refractivity contribution in [1.82, 2.24) is 5.32 Å². The zero-order valence-corrected chi connectivity index (χ0v) is 15.4. The van der Waals surface area contributed by atoms with Crippen molar-refractivity contribution in [1.29, 1.82) is 0 Å². The van der Waals surface area contributed by atoms with Gasteiger partial charge in [0.1, 0.15) is 0 Å². The summed E-state index contributed by atoms with van der Waals surface area (Å²) in [4.78, 5) is 0. The molecule has 1 unspecified atom stereocenters. The van der Waals surface area contributed by atoms with Crippen LogP contribution in [0.3, 0.4) is 0 Å². The second-order valence-electron chi connectivity index (χ2n) is 8.27. The van der Waals surface area contributed by atoms with E-state index in [1.165, 1.54) is 25.7 Å². The van der Waals surface area contributed by atoms with Gasteiger partial charge in [0.2, 0.25) is 0 Å². The second kappa shape index (κ2) is 8.38. The third-order valence-electron chi connectivity index (χ3n) is 3.97. The Labute approximate surface area is 128 Å². The lowest BCUT2D eigenvalue weighted by Gasteiger charge is -2.37. The minimum Gasteiger partial charge on any atom is -0.376 e. The maximum atomic E-state index is 5.97. The zero-order chi connectivity index (χ0) is 15.9. The zero-order valence-electron chi connectivity index (χ0n) is 15.4. The van der Waals surface area contributed by atoms with E-state index in [0.717, 1.165) is 19.6 Å². The van der Waals surface area contributed by atoms with Crippen LogP contribution in [0.1, 0.15) is 87.5 Å². The first-order chi connectivity index (χ1) is 9.04. The highest BCUT2D eigenvalue weighted by molar-refractivity contribution is 4.84. The van der Waals surface area contributed by atoms with Gasteiger partial charge in [0.05, 0.1) is 5.60 Å². The highest BCUT2D eigenvalue weighted by atomic mass is 16.5. The molecule has 0 bridgehead atoms. The summed E-state index contributed by atoms with van der Waals surface area (Å²) in [6, 6.07) is 0. The van der Waals surface area contributed by atoms with Crippen molar-refractivity contribution in [3.05, 3.63) is 0 Å². The minimum absolute atomic E-state index is 0.0261. The molecule has 0 fully saturated rings. The monoisotopic (exact) mass is 285 g/mol. The molecule has 0 aromatic rings. The van der Waals surface area contributed by atoms with E-state index in [9.17, 15) is 0 Å². The van der Waals surface area contributed by atoms with Gasteiger partial charge in [-0.2, -0.15) is 0 Å². The van der Waals surface area contributed by atoms with Gasteiger partial charge in [-0.15, -0.1) is 0 Å². The van der Waals surface area contributed by atoms with Gasteiger partial charge >= 0.3 is 0 Å². The molecule has 0 aromatic carbocycles. The summed E-state index contributed by atoms with van der Waals surface area (Å²) in [5.41, 5.74) is 0.549. The van der Waals surface area contributed by atoms with Crippen molar-refractivity contribution in [3.8, 4) is 0 Å². The Morgan fingerprint density at radius 2 is 1.50 bits per heavy atom. The predicted octanol–water partition coefficient (Wildman–Crippen LogP) is 5.17. The van der Waals surface area contributed by atoms with Crippen molar-refractivity contribution in [2.75, 3.05) is 13.2 Å². The van der Waals surface area contributed by atoms with Gasteiger partial charge in [-0.1, -0.05) is 26.7 Å². The highest BCUT2D eigenvalue weighted by Crippen LogP contribution is 2.33. The molecule has 0 aliphatic carbocycles. The van der Waals surface area contributed by atoms with Gasteiger partial charge in [0.25, 0.3) is 0 Å². The van der Waals surface area contributed by atoms with E-state index in [-0.39, 0.29) is 11.1 Å². The highest BCUT2D eigenvalue weighted by Gasteiger charge is 2.29. The van der Waals surface area contributed by atoms with Gasteiger partial charge in [-0.3, -0.25) is 0 Å². The molecule has 0 saturated carbocycles. The summed E-state index contributed by atoms with van der Waals surface area (Å²) in [7, 11) is 0. The molecular formula is C18H39NO. The summed E-state index contributed by atoms with van der Waals surface area (Å²) < 4.78 is 5.97. The summed E-state index contributed by atoms with van der Waals surface area (Å²) in [6.07, 6.45) is 6.27. The number of hydrogen-bond donors (Lipinski definition) is 1. The Hall–Kier alpha value is -0.0800. The summed E-state index contributed by atoms with van der Waals surface area (Å²) in [5, 5.41) is 3.71. The SMILES string of the molecule is CCCCC(CC)(CCOC(C)(C)C)CNC(C)(C)C. The number of hydrogen-bond acceptors (Lipinski definition) is 2. The third-order valence-corrected chi connectivity index (χ3v) is 3.97. The van der Waals surface area contributed by atoms with Crippen molar-refractivity contribution < 1.29 is 4.74 Å².